The largest absolute Gasteiger partial charge is 0.496 e. The second-order valence-electron chi connectivity index (χ2n) is 6.77. The van der Waals surface area contributed by atoms with Gasteiger partial charge in [-0.1, -0.05) is 17.1 Å². The number of ether oxygens (including phenoxy) is 2. The van der Waals surface area contributed by atoms with Gasteiger partial charge in [-0.3, -0.25) is 0 Å². The lowest BCUT2D eigenvalue weighted by molar-refractivity contribution is 0.00370. The SMILES string of the molecule is COc1cc(C#CC2CC2)ccc1-c1cn(C[C@H]2CCCCO2)nn1. The van der Waals surface area contributed by atoms with Crippen molar-refractivity contribution in [3.63, 3.8) is 0 Å². The van der Waals surface area contributed by atoms with Crippen LogP contribution in [0.2, 0.25) is 0 Å². The fraction of sp³-hybridized carbons (Fsp3) is 0.500. The van der Waals surface area contributed by atoms with Gasteiger partial charge in [-0.2, -0.15) is 0 Å². The molecule has 2 aliphatic rings. The molecule has 1 aliphatic heterocycles. The lowest BCUT2D eigenvalue weighted by atomic mass is 10.1. The fourth-order valence-corrected chi connectivity index (χ4v) is 3.06. The molecule has 0 radical (unpaired) electrons. The highest BCUT2D eigenvalue weighted by atomic mass is 16.5. The van der Waals surface area contributed by atoms with E-state index in [1.807, 2.05) is 29.1 Å². The third-order valence-electron chi connectivity index (χ3n) is 4.68. The first-order valence-corrected chi connectivity index (χ1v) is 9.03. The maximum atomic E-state index is 5.78. The maximum Gasteiger partial charge on any atom is 0.129 e. The van der Waals surface area contributed by atoms with Crippen LogP contribution in [0, 0.1) is 17.8 Å². The van der Waals surface area contributed by atoms with E-state index in [0.717, 1.165) is 48.6 Å². The predicted octanol–water partition coefficient (Wildman–Crippen LogP) is 3.28. The van der Waals surface area contributed by atoms with Gasteiger partial charge in [0.15, 0.2) is 0 Å². The van der Waals surface area contributed by atoms with Gasteiger partial charge in [0, 0.05) is 23.7 Å². The first-order valence-electron chi connectivity index (χ1n) is 9.03. The number of aromatic nitrogens is 3. The topological polar surface area (TPSA) is 49.2 Å². The second kappa shape index (κ2) is 7.28. The summed E-state index contributed by atoms with van der Waals surface area (Å²) in [5.74, 6) is 7.88. The third-order valence-corrected chi connectivity index (χ3v) is 4.68. The zero-order valence-electron chi connectivity index (χ0n) is 14.6. The van der Waals surface area contributed by atoms with Crippen LogP contribution in [-0.2, 0) is 11.3 Å². The molecule has 2 fully saturated rings. The molecule has 25 heavy (non-hydrogen) atoms. The fourth-order valence-electron chi connectivity index (χ4n) is 3.06. The lowest BCUT2D eigenvalue weighted by Crippen LogP contribution is -2.24. The molecule has 2 heterocycles. The Hall–Kier alpha value is -2.32. The van der Waals surface area contributed by atoms with Gasteiger partial charge in [0.25, 0.3) is 0 Å². The number of hydrogen-bond acceptors (Lipinski definition) is 4. The lowest BCUT2D eigenvalue weighted by Gasteiger charge is -2.21. The first kappa shape index (κ1) is 16.2. The Morgan fingerprint density at radius 3 is 2.96 bits per heavy atom. The number of methoxy groups -OCH3 is 1. The summed E-state index contributed by atoms with van der Waals surface area (Å²) >= 11 is 0. The molecule has 5 heteroatoms. The van der Waals surface area contributed by atoms with E-state index in [4.69, 9.17) is 9.47 Å². The Bertz CT molecular complexity index is 793. The standard InChI is InChI=1S/C20H23N3O2/c1-24-20-12-16(8-7-15-5-6-15)9-10-18(20)19-14-23(22-21-19)13-17-4-2-3-11-25-17/h9-10,12,14-15,17H,2-6,11,13H2,1H3/t17-/m1/s1. The minimum absolute atomic E-state index is 0.241. The third kappa shape index (κ3) is 4.02. The zero-order chi connectivity index (χ0) is 17.1. The molecule has 5 nitrogen and oxygen atoms in total. The molecule has 1 aromatic carbocycles. The molecule has 0 unspecified atom stereocenters. The molecule has 0 bridgehead atoms. The average Bonchev–Trinajstić information content (AvgIpc) is 3.38. The van der Waals surface area contributed by atoms with Crippen LogP contribution in [0.15, 0.2) is 24.4 Å². The van der Waals surface area contributed by atoms with Gasteiger partial charge in [-0.05, 0) is 50.3 Å². The number of rotatable bonds is 4. The van der Waals surface area contributed by atoms with E-state index in [1.54, 1.807) is 7.11 Å². The summed E-state index contributed by atoms with van der Waals surface area (Å²) in [6.45, 7) is 1.60. The van der Waals surface area contributed by atoms with E-state index in [-0.39, 0.29) is 6.10 Å². The predicted molar refractivity (Wildman–Crippen MR) is 95.2 cm³/mol. The molecular formula is C20H23N3O2. The highest BCUT2D eigenvalue weighted by molar-refractivity contribution is 5.68. The molecular weight excluding hydrogens is 314 g/mol. The van der Waals surface area contributed by atoms with Crippen LogP contribution in [0.25, 0.3) is 11.3 Å². The minimum atomic E-state index is 0.241. The molecule has 1 atom stereocenters. The van der Waals surface area contributed by atoms with Crippen molar-refractivity contribution in [1.29, 1.82) is 0 Å². The number of hydrogen-bond donors (Lipinski definition) is 0. The summed E-state index contributed by atoms with van der Waals surface area (Å²) in [5.41, 5.74) is 2.74. The molecule has 1 saturated heterocycles. The van der Waals surface area contributed by atoms with Crippen LogP contribution in [0.5, 0.6) is 5.75 Å². The van der Waals surface area contributed by atoms with E-state index in [9.17, 15) is 0 Å². The van der Waals surface area contributed by atoms with Crippen molar-refractivity contribution in [2.45, 2.75) is 44.8 Å². The van der Waals surface area contributed by atoms with Crippen molar-refractivity contribution in [2.75, 3.05) is 13.7 Å². The van der Waals surface area contributed by atoms with Crippen LogP contribution in [0.3, 0.4) is 0 Å². The van der Waals surface area contributed by atoms with Gasteiger partial charge < -0.3 is 9.47 Å². The normalized spacial score (nSPS) is 20.0. The Balaban J connectivity index is 1.51. The molecule has 0 amide bonds. The van der Waals surface area contributed by atoms with Crippen molar-refractivity contribution in [3.8, 4) is 28.8 Å². The van der Waals surface area contributed by atoms with Gasteiger partial charge in [-0.15, -0.1) is 5.10 Å². The summed E-state index contributed by atoms with van der Waals surface area (Å²) in [4.78, 5) is 0. The van der Waals surface area contributed by atoms with Crippen LogP contribution < -0.4 is 4.74 Å². The highest BCUT2D eigenvalue weighted by Gasteiger charge is 2.18. The summed E-state index contributed by atoms with van der Waals surface area (Å²) in [7, 11) is 1.68. The zero-order valence-corrected chi connectivity index (χ0v) is 14.6. The minimum Gasteiger partial charge on any atom is -0.496 e. The Labute approximate surface area is 148 Å². The summed E-state index contributed by atoms with van der Waals surface area (Å²) in [6.07, 6.45) is 8.14. The van der Waals surface area contributed by atoms with E-state index in [1.165, 1.54) is 19.3 Å². The van der Waals surface area contributed by atoms with Crippen LogP contribution in [-0.4, -0.2) is 34.8 Å². The molecule has 1 aliphatic carbocycles. The second-order valence-corrected chi connectivity index (χ2v) is 6.77. The van der Waals surface area contributed by atoms with E-state index in [0.29, 0.717) is 5.92 Å². The van der Waals surface area contributed by atoms with E-state index >= 15 is 0 Å². The van der Waals surface area contributed by atoms with Gasteiger partial charge in [0.05, 0.1) is 26.0 Å². The van der Waals surface area contributed by atoms with Crippen molar-refractivity contribution in [1.82, 2.24) is 15.0 Å². The molecule has 130 valence electrons. The van der Waals surface area contributed by atoms with Crippen LogP contribution >= 0.6 is 0 Å². The maximum absolute atomic E-state index is 5.78. The molecule has 4 rings (SSSR count). The van der Waals surface area contributed by atoms with E-state index in [2.05, 4.69) is 22.2 Å². The number of nitrogens with zero attached hydrogens (tertiary/aromatic N) is 3. The van der Waals surface area contributed by atoms with Gasteiger partial charge in [0.2, 0.25) is 0 Å². The molecule has 1 aromatic heterocycles. The smallest absolute Gasteiger partial charge is 0.129 e. The summed E-state index contributed by atoms with van der Waals surface area (Å²) < 4.78 is 13.2. The van der Waals surface area contributed by atoms with Crippen molar-refractivity contribution in [3.05, 3.63) is 30.0 Å². The Kier molecular flexibility index (Phi) is 4.71. The number of benzene rings is 1. The van der Waals surface area contributed by atoms with Gasteiger partial charge >= 0.3 is 0 Å². The monoisotopic (exact) mass is 337 g/mol. The van der Waals surface area contributed by atoms with Crippen LogP contribution in [0.4, 0.5) is 0 Å². The van der Waals surface area contributed by atoms with Crippen molar-refractivity contribution in [2.24, 2.45) is 5.92 Å². The van der Waals surface area contributed by atoms with E-state index < -0.39 is 0 Å². The summed E-state index contributed by atoms with van der Waals surface area (Å²) in [6, 6.07) is 6.02. The Morgan fingerprint density at radius 2 is 2.20 bits per heavy atom. The van der Waals surface area contributed by atoms with Crippen molar-refractivity contribution >= 4 is 0 Å². The Morgan fingerprint density at radius 1 is 1.28 bits per heavy atom. The van der Waals surface area contributed by atoms with Crippen LogP contribution in [0.1, 0.15) is 37.7 Å². The first-order chi connectivity index (χ1) is 12.3. The van der Waals surface area contributed by atoms with Gasteiger partial charge in [0.1, 0.15) is 11.4 Å². The molecule has 2 aromatic rings. The average molecular weight is 337 g/mol. The molecule has 0 N–H and O–H groups in total. The molecule has 1 saturated carbocycles. The van der Waals surface area contributed by atoms with Gasteiger partial charge in [-0.25, -0.2) is 4.68 Å². The quantitative estimate of drug-likeness (QED) is 0.804. The summed E-state index contributed by atoms with van der Waals surface area (Å²) in [5, 5.41) is 8.57. The highest BCUT2D eigenvalue weighted by Crippen LogP contribution is 2.30. The molecule has 0 spiro atoms. The van der Waals surface area contributed by atoms with Crippen molar-refractivity contribution < 1.29 is 9.47 Å².